The van der Waals surface area contributed by atoms with Gasteiger partial charge in [-0.05, 0) is 75.0 Å². The van der Waals surface area contributed by atoms with Crippen molar-refractivity contribution in [3.05, 3.63) is 164 Å². The molecule has 0 unspecified atom stereocenters. The van der Waals surface area contributed by atoms with Crippen LogP contribution in [-0.2, 0) is 0 Å². The lowest BCUT2D eigenvalue weighted by atomic mass is 9.91. The molecule has 0 fully saturated rings. The number of hydrogen-bond acceptors (Lipinski definition) is 2. The lowest BCUT2D eigenvalue weighted by Crippen LogP contribution is -1.90. The van der Waals surface area contributed by atoms with Gasteiger partial charge in [-0.15, -0.1) is 0 Å². The molecule has 0 saturated heterocycles. The van der Waals surface area contributed by atoms with Gasteiger partial charge in [0.2, 0.25) is 0 Å². The zero-order chi connectivity index (χ0) is 28.6. The molecule has 0 amide bonds. The molecule has 0 aliphatic heterocycles. The van der Waals surface area contributed by atoms with E-state index >= 15 is 0 Å². The lowest BCUT2D eigenvalue weighted by molar-refractivity contribution is 1.19. The maximum absolute atomic E-state index is 5.05. The molecular formula is C40H27N3. The van der Waals surface area contributed by atoms with E-state index in [2.05, 4.69) is 143 Å². The highest BCUT2D eigenvalue weighted by Crippen LogP contribution is 2.37. The van der Waals surface area contributed by atoms with Crippen molar-refractivity contribution in [3.63, 3.8) is 0 Å². The molecule has 0 aliphatic carbocycles. The van der Waals surface area contributed by atoms with Crippen molar-refractivity contribution in [2.75, 3.05) is 0 Å². The van der Waals surface area contributed by atoms with Crippen LogP contribution in [0.25, 0.3) is 72.3 Å². The van der Waals surface area contributed by atoms with Crippen LogP contribution in [0.2, 0.25) is 0 Å². The molecule has 0 aliphatic rings. The van der Waals surface area contributed by atoms with Crippen LogP contribution in [0.4, 0.5) is 0 Å². The summed E-state index contributed by atoms with van der Waals surface area (Å²) in [6, 6.07) is 51.5. The molecule has 0 spiro atoms. The van der Waals surface area contributed by atoms with Gasteiger partial charge in [-0.25, -0.2) is 4.98 Å². The first-order chi connectivity index (χ1) is 21.3. The molecule has 3 aromatic heterocycles. The molecule has 5 aromatic carbocycles. The second kappa shape index (κ2) is 10.6. The summed E-state index contributed by atoms with van der Waals surface area (Å²) in [5.41, 5.74) is 12.2. The smallest absolute Gasteiger partial charge is 0.137 e. The molecule has 3 nitrogen and oxygen atoms in total. The van der Waals surface area contributed by atoms with Gasteiger partial charge < -0.3 is 0 Å². The number of benzene rings is 5. The van der Waals surface area contributed by atoms with Gasteiger partial charge in [0.15, 0.2) is 0 Å². The third-order valence-corrected chi connectivity index (χ3v) is 8.10. The van der Waals surface area contributed by atoms with Crippen LogP contribution in [0.3, 0.4) is 0 Å². The van der Waals surface area contributed by atoms with E-state index in [0.29, 0.717) is 0 Å². The van der Waals surface area contributed by atoms with Crippen LogP contribution in [0.15, 0.2) is 164 Å². The number of aromatic nitrogens is 3. The summed E-state index contributed by atoms with van der Waals surface area (Å²) in [4.78, 5) is 9.46. The summed E-state index contributed by atoms with van der Waals surface area (Å²) in [6.07, 6.45) is 5.84. The molecule has 3 heteroatoms. The van der Waals surface area contributed by atoms with E-state index in [0.717, 1.165) is 50.4 Å². The highest BCUT2D eigenvalue weighted by molar-refractivity contribution is 5.98. The molecule has 202 valence electrons. The predicted molar refractivity (Wildman–Crippen MR) is 178 cm³/mol. The Bertz CT molecular complexity index is 2210. The van der Waals surface area contributed by atoms with Crippen molar-refractivity contribution in [2.24, 2.45) is 0 Å². The first-order valence-corrected chi connectivity index (χ1v) is 14.5. The Hall–Kier alpha value is -5.80. The minimum atomic E-state index is 0.935. The first-order valence-electron chi connectivity index (χ1n) is 14.5. The zero-order valence-corrected chi connectivity index (χ0v) is 23.4. The molecule has 0 saturated carbocycles. The Morgan fingerprint density at radius 1 is 0.465 bits per heavy atom. The topological polar surface area (TPSA) is 30.2 Å². The number of pyridine rings is 2. The Morgan fingerprint density at radius 3 is 2.00 bits per heavy atom. The fourth-order valence-corrected chi connectivity index (χ4v) is 6.02. The van der Waals surface area contributed by atoms with Gasteiger partial charge in [-0.2, -0.15) is 0 Å². The van der Waals surface area contributed by atoms with Crippen LogP contribution in [0.1, 0.15) is 0 Å². The fraction of sp³-hybridized carbons (Fsp3) is 0. The summed E-state index contributed by atoms with van der Waals surface area (Å²) in [6.45, 7) is 0. The molecule has 0 atom stereocenters. The third kappa shape index (κ3) is 4.58. The van der Waals surface area contributed by atoms with Gasteiger partial charge in [-0.1, -0.05) is 109 Å². The standard InChI is InChI=1S/C40H27N3/c1-2-11-31(12-3-1)40-39(42-38-17-6-7-23-43(38)40)30-20-18-28(19-21-30)33-24-34(32-14-9-22-41-27-32)26-35(25-33)37-16-8-13-29-10-4-5-15-36(29)37/h1-27H. The SMILES string of the molecule is c1ccc(-c2c(-c3ccc(-c4cc(-c5cccnc5)cc(-c5cccc6ccccc56)c4)cc3)nc3ccccn23)cc1. The monoisotopic (exact) mass is 549 g/mol. The van der Waals surface area contributed by atoms with E-state index in [1.54, 1.807) is 0 Å². The predicted octanol–water partition coefficient (Wildman–Crippen LogP) is 10.2. The Kier molecular flexibility index (Phi) is 6.12. The maximum atomic E-state index is 5.05. The van der Waals surface area contributed by atoms with Crippen molar-refractivity contribution in [1.29, 1.82) is 0 Å². The van der Waals surface area contributed by atoms with Crippen molar-refractivity contribution in [3.8, 4) is 55.9 Å². The molecule has 8 rings (SSSR count). The van der Waals surface area contributed by atoms with E-state index in [4.69, 9.17) is 4.98 Å². The first kappa shape index (κ1) is 25.0. The molecular weight excluding hydrogens is 522 g/mol. The molecule has 8 aromatic rings. The minimum Gasteiger partial charge on any atom is -0.299 e. The summed E-state index contributed by atoms with van der Waals surface area (Å²) < 4.78 is 2.17. The maximum Gasteiger partial charge on any atom is 0.137 e. The molecule has 0 radical (unpaired) electrons. The number of nitrogens with zero attached hydrogens (tertiary/aromatic N) is 3. The Balaban J connectivity index is 1.27. The average Bonchev–Trinajstić information content (AvgIpc) is 3.48. The lowest BCUT2D eigenvalue weighted by Gasteiger charge is -2.13. The van der Waals surface area contributed by atoms with Gasteiger partial charge >= 0.3 is 0 Å². The van der Waals surface area contributed by atoms with Crippen molar-refractivity contribution in [1.82, 2.24) is 14.4 Å². The van der Waals surface area contributed by atoms with Gasteiger partial charge in [-0.3, -0.25) is 9.38 Å². The van der Waals surface area contributed by atoms with Gasteiger partial charge in [0, 0.05) is 35.3 Å². The molecule has 0 bridgehead atoms. The van der Waals surface area contributed by atoms with Crippen molar-refractivity contribution in [2.45, 2.75) is 0 Å². The number of fused-ring (bicyclic) bond motifs is 2. The van der Waals surface area contributed by atoms with Crippen molar-refractivity contribution < 1.29 is 0 Å². The number of imidazole rings is 1. The average molecular weight is 550 g/mol. The third-order valence-electron chi connectivity index (χ3n) is 8.10. The molecule has 3 heterocycles. The molecule has 0 N–H and O–H groups in total. The summed E-state index contributed by atoms with van der Waals surface area (Å²) in [7, 11) is 0. The van der Waals surface area contributed by atoms with E-state index in [-0.39, 0.29) is 0 Å². The number of hydrogen-bond donors (Lipinski definition) is 0. The van der Waals surface area contributed by atoms with Gasteiger partial charge in [0.1, 0.15) is 5.65 Å². The number of rotatable bonds is 5. The van der Waals surface area contributed by atoms with Gasteiger partial charge in [0.05, 0.1) is 11.4 Å². The van der Waals surface area contributed by atoms with Crippen LogP contribution in [0, 0.1) is 0 Å². The Morgan fingerprint density at radius 2 is 1.16 bits per heavy atom. The second-order valence-electron chi connectivity index (χ2n) is 10.7. The van der Waals surface area contributed by atoms with E-state index in [1.165, 1.54) is 21.9 Å². The minimum absolute atomic E-state index is 0.935. The highest BCUT2D eigenvalue weighted by Gasteiger charge is 2.16. The van der Waals surface area contributed by atoms with Crippen LogP contribution in [0.5, 0.6) is 0 Å². The van der Waals surface area contributed by atoms with Crippen LogP contribution in [-0.4, -0.2) is 14.4 Å². The summed E-state index contributed by atoms with van der Waals surface area (Å²) >= 11 is 0. The van der Waals surface area contributed by atoms with E-state index in [9.17, 15) is 0 Å². The normalized spacial score (nSPS) is 11.3. The quantitative estimate of drug-likeness (QED) is 0.214. The second-order valence-corrected chi connectivity index (χ2v) is 10.7. The molecule has 43 heavy (non-hydrogen) atoms. The van der Waals surface area contributed by atoms with Gasteiger partial charge in [0.25, 0.3) is 0 Å². The van der Waals surface area contributed by atoms with E-state index in [1.807, 2.05) is 30.6 Å². The van der Waals surface area contributed by atoms with Crippen molar-refractivity contribution >= 4 is 16.4 Å². The fourth-order valence-electron chi connectivity index (χ4n) is 6.02. The Labute approximate surface area is 250 Å². The highest BCUT2D eigenvalue weighted by atomic mass is 15.0. The largest absolute Gasteiger partial charge is 0.299 e. The zero-order valence-electron chi connectivity index (χ0n) is 23.4. The van der Waals surface area contributed by atoms with Crippen LogP contribution >= 0.6 is 0 Å². The summed E-state index contributed by atoms with van der Waals surface area (Å²) in [5, 5.41) is 2.48. The van der Waals surface area contributed by atoms with Crippen LogP contribution < -0.4 is 0 Å². The summed E-state index contributed by atoms with van der Waals surface area (Å²) in [5.74, 6) is 0. The van der Waals surface area contributed by atoms with E-state index < -0.39 is 0 Å².